The summed E-state index contributed by atoms with van der Waals surface area (Å²) in [6, 6.07) is 2.45. The molecule has 0 saturated heterocycles. The van der Waals surface area contributed by atoms with E-state index in [4.69, 9.17) is 4.74 Å². The van der Waals surface area contributed by atoms with Crippen LogP contribution in [0.4, 0.5) is 0 Å². The fraction of sp³-hybridized carbons (Fsp3) is 0.615. The van der Waals surface area contributed by atoms with Crippen molar-refractivity contribution in [3.8, 4) is 5.75 Å². The molecular weight excluding hydrogens is 200 g/mol. The number of hydrogen-bond acceptors (Lipinski definition) is 3. The quantitative estimate of drug-likeness (QED) is 0.828. The van der Waals surface area contributed by atoms with E-state index >= 15 is 0 Å². The van der Waals surface area contributed by atoms with E-state index < -0.39 is 0 Å². The molecule has 1 aromatic heterocycles. The molecule has 0 spiro atoms. The van der Waals surface area contributed by atoms with Crippen LogP contribution in [0.1, 0.15) is 38.7 Å². The number of pyridine rings is 1. The zero-order valence-corrected chi connectivity index (χ0v) is 10.1. The Morgan fingerprint density at radius 1 is 1.50 bits per heavy atom. The summed E-state index contributed by atoms with van der Waals surface area (Å²) in [6.45, 7) is 5.11. The largest absolute Gasteiger partial charge is 0.490 e. The minimum atomic E-state index is 0.431. The summed E-state index contributed by atoms with van der Waals surface area (Å²) in [5, 5.41) is 3.39. The summed E-state index contributed by atoms with van der Waals surface area (Å²) in [4.78, 5) is 4.15. The molecule has 88 valence electrons. The van der Waals surface area contributed by atoms with Crippen LogP contribution >= 0.6 is 0 Å². The molecule has 3 nitrogen and oxygen atoms in total. The molecule has 16 heavy (non-hydrogen) atoms. The molecule has 0 bridgehead atoms. The molecule has 3 heteroatoms. The van der Waals surface area contributed by atoms with Crippen LogP contribution in [0, 0.1) is 0 Å². The lowest BCUT2D eigenvalue weighted by molar-refractivity contribution is 0.118. The summed E-state index contributed by atoms with van der Waals surface area (Å²) in [5.41, 5.74) is 1.16. The van der Waals surface area contributed by atoms with Crippen molar-refractivity contribution in [1.29, 1.82) is 0 Å². The van der Waals surface area contributed by atoms with Crippen molar-refractivity contribution in [3.63, 3.8) is 0 Å². The third-order valence-corrected chi connectivity index (χ3v) is 2.91. The molecule has 1 heterocycles. The Morgan fingerprint density at radius 2 is 2.31 bits per heavy atom. The molecule has 0 unspecified atom stereocenters. The molecule has 0 aliphatic heterocycles. The molecule has 1 aliphatic rings. The van der Waals surface area contributed by atoms with Crippen molar-refractivity contribution in [3.05, 3.63) is 24.0 Å². The van der Waals surface area contributed by atoms with Gasteiger partial charge >= 0.3 is 0 Å². The highest BCUT2D eigenvalue weighted by Gasteiger charge is 2.20. The second-order valence-corrected chi connectivity index (χ2v) is 4.69. The molecular formula is C13H20N2O. The van der Waals surface area contributed by atoms with E-state index in [0.717, 1.165) is 17.9 Å². The van der Waals surface area contributed by atoms with Crippen LogP contribution in [0.25, 0.3) is 0 Å². The van der Waals surface area contributed by atoms with Gasteiger partial charge in [0.1, 0.15) is 5.75 Å². The number of nitrogens with one attached hydrogen (secondary N) is 1. The molecule has 1 aliphatic carbocycles. The monoisotopic (exact) mass is 220 g/mol. The Labute approximate surface area is 97.2 Å². The average Bonchev–Trinajstić information content (AvgIpc) is 2.22. The van der Waals surface area contributed by atoms with Crippen molar-refractivity contribution in [1.82, 2.24) is 10.3 Å². The van der Waals surface area contributed by atoms with E-state index in [2.05, 4.69) is 24.1 Å². The van der Waals surface area contributed by atoms with E-state index in [0.29, 0.717) is 12.1 Å². The van der Waals surface area contributed by atoms with Gasteiger partial charge in [0.05, 0.1) is 6.10 Å². The van der Waals surface area contributed by atoms with Crippen LogP contribution < -0.4 is 10.1 Å². The molecule has 0 atom stereocenters. The smallest absolute Gasteiger partial charge is 0.127 e. The number of nitrogens with zero attached hydrogens (tertiary/aromatic N) is 1. The van der Waals surface area contributed by atoms with E-state index in [1.54, 1.807) is 6.20 Å². The van der Waals surface area contributed by atoms with Crippen molar-refractivity contribution in [2.45, 2.75) is 51.8 Å². The van der Waals surface area contributed by atoms with Gasteiger partial charge in [-0.15, -0.1) is 0 Å². The van der Waals surface area contributed by atoms with Gasteiger partial charge in [-0.25, -0.2) is 0 Å². The Hall–Kier alpha value is -1.09. The highest BCUT2D eigenvalue weighted by atomic mass is 16.5. The maximum Gasteiger partial charge on any atom is 0.127 e. The fourth-order valence-corrected chi connectivity index (χ4v) is 1.64. The molecule has 0 radical (unpaired) electrons. The Bertz CT molecular complexity index is 334. The molecule has 1 fully saturated rings. The minimum Gasteiger partial charge on any atom is -0.490 e. The fourth-order valence-electron chi connectivity index (χ4n) is 1.64. The Morgan fingerprint density at radius 3 is 2.94 bits per heavy atom. The number of rotatable bonds is 5. The van der Waals surface area contributed by atoms with Gasteiger partial charge in [0.2, 0.25) is 0 Å². The summed E-state index contributed by atoms with van der Waals surface area (Å²) in [5.74, 6) is 0.993. The van der Waals surface area contributed by atoms with E-state index in [1.165, 1.54) is 19.3 Å². The predicted octanol–water partition coefficient (Wildman–Crippen LogP) is 2.51. The van der Waals surface area contributed by atoms with Crippen molar-refractivity contribution >= 4 is 0 Å². The first-order chi connectivity index (χ1) is 7.75. The minimum absolute atomic E-state index is 0.431. The third kappa shape index (κ3) is 2.95. The zero-order valence-electron chi connectivity index (χ0n) is 10.1. The second-order valence-electron chi connectivity index (χ2n) is 4.69. The van der Waals surface area contributed by atoms with Crippen LogP contribution in [0.15, 0.2) is 18.5 Å². The maximum absolute atomic E-state index is 5.93. The van der Waals surface area contributed by atoms with Crippen LogP contribution in [0.5, 0.6) is 5.75 Å². The number of ether oxygens (including phenoxy) is 1. The highest BCUT2D eigenvalue weighted by molar-refractivity contribution is 5.30. The number of hydrogen-bond donors (Lipinski definition) is 1. The van der Waals surface area contributed by atoms with Gasteiger partial charge in [0.25, 0.3) is 0 Å². The normalized spacial score (nSPS) is 16.2. The Balaban J connectivity index is 1.98. The lowest BCUT2D eigenvalue weighted by Gasteiger charge is -2.27. The Kier molecular flexibility index (Phi) is 3.78. The van der Waals surface area contributed by atoms with Crippen molar-refractivity contribution in [2.75, 3.05) is 0 Å². The molecule has 1 aromatic rings. The van der Waals surface area contributed by atoms with Gasteiger partial charge in [-0.1, -0.05) is 13.8 Å². The summed E-state index contributed by atoms with van der Waals surface area (Å²) in [7, 11) is 0. The van der Waals surface area contributed by atoms with Gasteiger partial charge in [-0.05, 0) is 25.3 Å². The molecule has 1 saturated carbocycles. The van der Waals surface area contributed by atoms with E-state index in [-0.39, 0.29) is 0 Å². The first-order valence-electron chi connectivity index (χ1n) is 6.08. The van der Waals surface area contributed by atoms with Gasteiger partial charge < -0.3 is 10.1 Å². The van der Waals surface area contributed by atoms with Gasteiger partial charge in [0.15, 0.2) is 0 Å². The van der Waals surface area contributed by atoms with Crippen molar-refractivity contribution in [2.24, 2.45) is 0 Å². The van der Waals surface area contributed by atoms with Crippen molar-refractivity contribution < 1.29 is 4.74 Å². The van der Waals surface area contributed by atoms with Gasteiger partial charge in [-0.3, -0.25) is 4.98 Å². The molecule has 2 rings (SSSR count). The topological polar surface area (TPSA) is 34.2 Å². The third-order valence-electron chi connectivity index (χ3n) is 2.91. The standard InChI is InChI=1S/C13H20N2O/c1-10(2)15-9-11-8-14-7-6-13(11)16-12-4-3-5-12/h6-8,10,12,15H,3-5,9H2,1-2H3. The summed E-state index contributed by atoms with van der Waals surface area (Å²) in [6.07, 6.45) is 7.81. The van der Waals surface area contributed by atoms with E-state index in [1.807, 2.05) is 12.3 Å². The van der Waals surface area contributed by atoms with Crippen LogP contribution in [-0.4, -0.2) is 17.1 Å². The predicted molar refractivity (Wildman–Crippen MR) is 64.5 cm³/mol. The van der Waals surface area contributed by atoms with Crippen LogP contribution in [-0.2, 0) is 6.54 Å². The van der Waals surface area contributed by atoms with Gasteiger partial charge in [0, 0.05) is 30.5 Å². The highest BCUT2D eigenvalue weighted by Crippen LogP contribution is 2.26. The zero-order chi connectivity index (χ0) is 11.4. The van der Waals surface area contributed by atoms with E-state index in [9.17, 15) is 0 Å². The number of aromatic nitrogens is 1. The van der Waals surface area contributed by atoms with Gasteiger partial charge in [-0.2, -0.15) is 0 Å². The van der Waals surface area contributed by atoms with Crippen LogP contribution in [0.3, 0.4) is 0 Å². The lowest BCUT2D eigenvalue weighted by atomic mass is 9.96. The second kappa shape index (κ2) is 5.30. The molecule has 0 amide bonds. The summed E-state index contributed by atoms with van der Waals surface area (Å²) < 4.78 is 5.93. The summed E-state index contributed by atoms with van der Waals surface area (Å²) >= 11 is 0. The first kappa shape index (κ1) is 11.4. The molecule has 0 aromatic carbocycles. The average molecular weight is 220 g/mol. The van der Waals surface area contributed by atoms with Crippen LogP contribution in [0.2, 0.25) is 0 Å². The first-order valence-corrected chi connectivity index (χ1v) is 6.08. The molecule has 1 N–H and O–H groups in total. The maximum atomic E-state index is 5.93. The SMILES string of the molecule is CC(C)NCc1cnccc1OC1CCC1. The lowest BCUT2D eigenvalue weighted by Crippen LogP contribution is -2.26.